The first kappa shape index (κ1) is 11.6. The smallest absolute Gasteiger partial charge is 0.218 e. The third-order valence-corrected chi connectivity index (χ3v) is 3.19. The number of nitrogens with zero attached hydrogens (tertiary/aromatic N) is 3. The van der Waals surface area contributed by atoms with Gasteiger partial charge in [0.05, 0.1) is 19.8 Å². The Morgan fingerprint density at radius 3 is 3.25 bits per heavy atom. The van der Waals surface area contributed by atoms with Crippen LogP contribution in [0.5, 0.6) is 5.88 Å². The second-order valence-corrected chi connectivity index (χ2v) is 4.16. The molecule has 0 aliphatic carbocycles. The normalized spacial score (nSPS) is 20.9. The molecule has 0 aromatic carbocycles. The van der Waals surface area contributed by atoms with Crippen LogP contribution in [0.25, 0.3) is 0 Å². The van der Waals surface area contributed by atoms with E-state index in [9.17, 15) is 0 Å². The molecule has 1 unspecified atom stereocenters. The van der Waals surface area contributed by atoms with Gasteiger partial charge in [-0.25, -0.2) is 9.97 Å². The highest BCUT2D eigenvalue weighted by molar-refractivity contribution is 9.09. The van der Waals surface area contributed by atoms with Crippen molar-refractivity contribution >= 4 is 21.7 Å². The van der Waals surface area contributed by atoms with Crippen molar-refractivity contribution in [3.8, 4) is 5.88 Å². The summed E-state index contributed by atoms with van der Waals surface area (Å²) in [5, 5.41) is 0.839. The molecule has 5 nitrogen and oxygen atoms in total. The second-order valence-electron chi connectivity index (χ2n) is 3.51. The molecule has 1 aliphatic heterocycles. The lowest BCUT2D eigenvalue weighted by Gasteiger charge is -2.32. The molecule has 1 saturated heterocycles. The first-order valence-corrected chi connectivity index (χ1v) is 6.24. The number of methoxy groups -OCH3 is 1. The highest BCUT2D eigenvalue weighted by Crippen LogP contribution is 2.18. The Hall–Kier alpha value is -0.880. The summed E-state index contributed by atoms with van der Waals surface area (Å²) in [5.74, 6) is 1.48. The summed E-state index contributed by atoms with van der Waals surface area (Å²) < 4.78 is 10.7. The molecule has 1 aromatic rings. The predicted octanol–water partition coefficient (Wildman–Crippen LogP) is 1.09. The van der Waals surface area contributed by atoms with E-state index in [0.29, 0.717) is 5.88 Å². The van der Waals surface area contributed by atoms with Crippen LogP contribution in [-0.4, -0.2) is 48.2 Å². The number of ether oxygens (including phenoxy) is 2. The van der Waals surface area contributed by atoms with Crippen LogP contribution in [0.4, 0.5) is 5.82 Å². The monoisotopic (exact) mass is 287 g/mol. The maximum atomic E-state index is 5.57. The zero-order valence-electron chi connectivity index (χ0n) is 9.10. The number of alkyl halides is 1. The van der Waals surface area contributed by atoms with Crippen molar-refractivity contribution in [2.75, 3.05) is 37.0 Å². The summed E-state index contributed by atoms with van der Waals surface area (Å²) in [4.78, 5) is 10.4. The molecule has 2 heterocycles. The van der Waals surface area contributed by atoms with Crippen molar-refractivity contribution in [3.63, 3.8) is 0 Å². The van der Waals surface area contributed by atoms with Gasteiger partial charge in [0.25, 0.3) is 0 Å². The van der Waals surface area contributed by atoms with Gasteiger partial charge < -0.3 is 14.4 Å². The van der Waals surface area contributed by atoms with E-state index < -0.39 is 0 Å². The van der Waals surface area contributed by atoms with Crippen LogP contribution in [-0.2, 0) is 4.74 Å². The number of morpholine rings is 1. The van der Waals surface area contributed by atoms with Gasteiger partial charge in [-0.3, -0.25) is 0 Å². The maximum Gasteiger partial charge on any atom is 0.218 e. The topological polar surface area (TPSA) is 47.5 Å². The van der Waals surface area contributed by atoms with Gasteiger partial charge in [0, 0.05) is 24.5 Å². The highest BCUT2D eigenvalue weighted by Gasteiger charge is 2.20. The lowest BCUT2D eigenvalue weighted by molar-refractivity contribution is 0.0568. The number of hydrogen-bond acceptors (Lipinski definition) is 5. The van der Waals surface area contributed by atoms with Crippen LogP contribution >= 0.6 is 15.9 Å². The standard InChI is InChI=1S/C10H14BrN3O2/c1-15-10-4-9(12-7-13-10)14-2-3-16-8(5-11)6-14/h4,7-8H,2-3,5-6H2,1H3. The molecule has 1 atom stereocenters. The van der Waals surface area contributed by atoms with Gasteiger partial charge >= 0.3 is 0 Å². The zero-order valence-corrected chi connectivity index (χ0v) is 10.7. The first-order chi connectivity index (χ1) is 7.83. The predicted molar refractivity (Wildman–Crippen MR) is 64.3 cm³/mol. The Morgan fingerprint density at radius 2 is 2.50 bits per heavy atom. The summed E-state index contributed by atoms with van der Waals surface area (Å²) in [5.41, 5.74) is 0. The average molecular weight is 288 g/mol. The number of rotatable bonds is 3. The molecule has 0 radical (unpaired) electrons. The fraction of sp³-hybridized carbons (Fsp3) is 0.600. The highest BCUT2D eigenvalue weighted by atomic mass is 79.9. The summed E-state index contributed by atoms with van der Waals surface area (Å²) in [6.07, 6.45) is 1.74. The van der Waals surface area contributed by atoms with Crippen molar-refractivity contribution in [3.05, 3.63) is 12.4 Å². The van der Waals surface area contributed by atoms with Crippen LogP contribution in [0.1, 0.15) is 0 Å². The molecule has 6 heteroatoms. The van der Waals surface area contributed by atoms with Gasteiger partial charge in [-0.15, -0.1) is 0 Å². The molecule has 0 amide bonds. The van der Waals surface area contributed by atoms with E-state index in [1.54, 1.807) is 7.11 Å². The molecule has 16 heavy (non-hydrogen) atoms. The maximum absolute atomic E-state index is 5.57. The molecule has 0 bridgehead atoms. The average Bonchev–Trinajstić information content (AvgIpc) is 2.39. The fourth-order valence-corrected chi connectivity index (χ4v) is 2.03. The number of aromatic nitrogens is 2. The Balaban J connectivity index is 2.10. The third kappa shape index (κ3) is 2.62. The molecule has 0 saturated carbocycles. The van der Waals surface area contributed by atoms with Gasteiger partial charge in [0.15, 0.2) is 0 Å². The molecule has 1 aliphatic rings. The van der Waals surface area contributed by atoms with Gasteiger partial charge in [0.1, 0.15) is 12.1 Å². The van der Waals surface area contributed by atoms with E-state index in [0.717, 1.165) is 30.8 Å². The SMILES string of the molecule is COc1cc(N2CCOC(CBr)C2)ncn1. The molecule has 1 fully saturated rings. The van der Waals surface area contributed by atoms with Crippen LogP contribution in [0.3, 0.4) is 0 Å². The minimum Gasteiger partial charge on any atom is -0.481 e. The number of halogens is 1. The van der Waals surface area contributed by atoms with Crippen molar-refractivity contribution < 1.29 is 9.47 Å². The summed E-state index contributed by atoms with van der Waals surface area (Å²) >= 11 is 3.43. The van der Waals surface area contributed by atoms with E-state index in [4.69, 9.17) is 9.47 Å². The lowest BCUT2D eigenvalue weighted by atomic mass is 10.3. The number of hydrogen-bond donors (Lipinski definition) is 0. The fourth-order valence-electron chi connectivity index (χ4n) is 1.64. The minimum absolute atomic E-state index is 0.217. The molecular weight excluding hydrogens is 274 g/mol. The quantitative estimate of drug-likeness (QED) is 0.779. The van der Waals surface area contributed by atoms with E-state index in [2.05, 4.69) is 30.8 Å². The summed E-state index contributed by atoms with van der Waals surface area (Å²) in [6, 6.07) is 1.84. The van der Waals surface area contributed by atoms with Crippen molar-refractivity contribution in [2.45, 2.75) is 6.10 Å². The van der Waals surface area contributed by atoms with Crippen molar-refractivity contribution in [1.82, 2.24) is 9.97 Å². The molecule has 0 spiro atoms. The van der Waals surface area contributed by atoms with Crippen molar-refractivity contribution in [1.29, 1.82) is 0 Å². The zero-order chi connectivity index (χ0) is 11.4. The Morgan fingerprint density at radius 1 is 1.62 bits per heavy atom. The third-order valence-electron chi connectivity index (χ3n) is 2.47. The van der Waals surface area contributed by atoms with Crippen LogP contribution in [0, 0.1) is 0 Å². The molecule has 0 N–H and O–H groups in total. The van der Waals surface area contributed by atoms with Gasteiger partial charge in [-0.05, 0) is 0 Å². The van der Waals surface area contributed by atoms with E-state index in [-0.39, 0.29) is 6.10 Å². The van der Waals surface area contributed by atoms with Crippen LogP contribution in [0.15, 0.2) is 12.4 Å². The van der Waals surface area contributed by atoms with Crippen LogP contribution in [0.2, 0.25) is 0 Å². The summed E-state index contributed by atoms with van der Waals surface area (Å²) in [6.45, 7) is 2.41. The van der Waals surface area contributed by atoms with Gasteiger partial charge in [-0.1, -0.05) is 15.9 Å². The number of anilines is 1. The minimum atomic E-state index is 0.217. The second kappa shape index (κ2) is 5.45. The van der Waals surface area contributed by atoms with Crippen molar-refractivity contribution in [2.24, 2.45) is 0 Å². The molecular formula is C10H14BrN3O2. The van der Waals surface area contributed by atoms with E-state index in [1.807, 2.05) is 6.07 Å². The van der Waals surface area contributed by atoms with Gasteiger partial charge in [0.2, 0.25) is 5.88 Å². The van der Waals surface area contributed by atoms with E-state index in [1.165, 1.54) is 6.33 Å². The van der Waals surface area contributed by atoms with Gasteiger partial charge in [-0.2, -0.15) is 0 Å². The Labute approximate surface area is 103 Å². The van der Waals surface area contributed by atoms with E-state index >= 15 is 0 Å². The largest absolute Gasteiger partial charge is 0.481 e. The summed E-state index contributed by atoms with van der Waals surface area (Å²) in [7, 11) is 1.60. The molecule has 2 rings (SSSR count). The Bertz CT molecular complexity index is 351. The first-order valence-electron chi connectivity index (χ1n) is 5.12. The Kier molecular flexibility index (Phi) is 3.95. The molecule has 1 aromatic heterocycles. The lowest BCUT2D eigenvalue weighted by Crippen LogP contribution is -2.43. The van der Waals surface area contributed by atoms with Crippen LogP contribution < -0.4 is 9.64 Å². The molecule has 88 valence electrons.